The number of carbonyl (C=O) groups is 2. The molecule has 0 aromatic heterocycles. The zero-order valence-electron chi connectivity index (χ0n) is 22.6. The first-order valence-corrected chi connectivity index (χ1v) is 13.1. The summed E-state index contributed by atoms with van der Waals surface area (Å²) in [4.78, 5) is 25.5. The maximum Gasteiger partial charge on any atom is 0.338 e. The van der Waals surface area contributed by atoms with Crippen molar-refractivity contribution in [3.63, 3.8) is 0 Å². The van der Waals surface area contributed by atoms with E-state index in [9.17, 15) is 9.59 Å². The fraction of sp³-hybridized carbons (Fsp3) is 0.548. The lowest BCUT2D eigenvalue weighted by Crippen LogP contribution is -2.17. The van der Waals surface area contributed by atoms with Gasteiger partial charge in [0.2, 0.25) is 0 Å². The molecule has 4 heteroatoms. The van der Waals surface area contributed by atoms with Crippen molar-refractivity contribution in [3.05, 3.63) is 64.2 Å². The number of esters is 2. The van der Waals surface area contributed by atoms with Crippen LogP contribution >= 0.6 is 0 Å². The standard InChI is InChI=1S/C31H42O4/c1-8-9-10-11-12-13-18-34-28(32)22-16-14-21(15-17-22)26-24-19-23(30(2,3)4)20-25(31(5,6)7)27(24)35-29(26)33/h14-17,19-20,26H,8-13,18H2,1-7H3. The van der Waals surface area contributed by atoms with Crippen LogP contribution in [0, 0.1) is 0 Å². The lowest BCUT2D eigenvalue weighted by molar-refractivity contribution is -0.133. The summed E-state index contributed by atoms with van der Waals surface area (Å²) in [5.41, 5.74) is 4.24. The van der Waals surface area contributed by atoms with E-state index in [1.54, 1.807) is 12.1 Å². The first-order valence-electron chi connectivity index (χ1n) is 13.1. The molecule has 0 N–H and O–H groups in total. The summed E-state index contributed by atoms with van der Waals surface area (Å²) < 4.78 is 11.3. The predicted molar refractivity (Wildman–Crippen MR) is 141 cm³/mol. The molecule has 0 saturated carbocycles. The van der Waals surface area contributed by atoms with Crippen LogP contribution in [0.4, 0.5) is 0 Å². The van der Waals surface area contributed by atoms with Crippen molar-refractivity contribution in [3.8, 4) is 5.75 Å². The molecule has 1 unspecified atom stereocenters. The Kier molecular flexibility index (Phi) is 8.46. The highest BCUT2D eigenvalue weighted by Gasteiger charge is 2.39. The fourth-order valence-electron chi connectivity index (χ4n) is 4.51. The van der Waals surface area contributed by atoms with Crippen molar-refractivity contribution in [2.24, 2.45) is 0 Å². The molecule has 35 heavy (non-hydrogen) atoms. The number of unbranched alkanes of at least 4 members (excludes halogenated alkanes) is 5. The molecule has 2 aromatic rings. The van der Waals surface area contributed by atoms with Gasteiger partial charge in [0.05, 0.1) is 12.2 Å². The Morgan fingerprint density at radius 1 is 0.886 bits per heavy atom. The summed E-state index contributed by atoms with van der Waals surface area (Å²) in [6.07, 6.45) is 6.90. The summed E-state index contributed by atoms with van der Waals surface area (Å²) in [5, 5.41) is 0. The van der Waals surface area contributed by atoms with E-state index in [-0.39, 0.29) is 22.8 Å². The molecule has 1 aliphatic rings. The van der Waals surface area contributed by atoms with Crippen molar-refractivity contribution in [1.82, 2.24) is 0 Å². The molecule has 0 aliphatic carbocycles. The molecule has 0 amide bonds. The Morgan fingerprint density at radius 2 is 1.51 bits per heavy atom. The van der Waals surface area contributed by atoms with Gasteiger partial charge in [-0.1, -0.05) is 105 Å². The van der Waals surface area contributed by atoms with Gasteiger partial charge in [-0.25, -0.2) is 4.79 Å². The van der Waals surface area contributed by atoms with Gasteiger partial charge in [0.15, 0.2) is 0 Å². The Bertz CT molecular complexity index is 1040. The Morgan fingerprint density at radius 3 is 2.11 bits per heavy atom. The molecule has 3 rings (SSSR count). The van der Waals surface area contributed by atoms with Crippen molar-refractivity contribution < 1.29 is 19.1 Å². The number of hydrogen-bond acceptors (Lipinski definition) is 4. The van der Waals surface area contributed by atoms with Gasteiger partial charge in [0, 0.05) is 11.1 Å². The molecule has 1 heterocycles. The zero-order valence-corrected chi connectivity index (χ0v) is 22.6. The van der Waals surface area contributed by atoms with Crippen LogP contribution in [0.3, 0.4) is 0 Å². The van der Waals surface area contributed by atoms with Crippen molar-refractivity contribution >= 4 is 11.9 Å². The van der Waals surface area contributed by atoms with Gasteiger partial charge in [-0.3, -0.25) is 4.79 Å². The zero-order chi connectivity index (χ0) is 25.8. The quantitative estimate of drug-likeness (QED) is 0.209. The lowest BCUT2D eigenvalue weighted by atomic mass is 9.77. The Hall–Kier alpha value is -2.62. The van der Waals surface area contributed by atoms with Crippen LogP contribution < -0.4 is 4.74 Å². The average Bonchev–Trinajstić information content (AvgIpc) is 3.12. The summed E-state index contributed by atoms with van der Waals surface area (Å²) >= 11 is 0. The minimum atomic E-state index is -0.499. The van der Waals surface area contributed by atoms with E-state index in [4.69, 9.17) is 9.47 Å². The van der Waals surface area contributed by atoms with Crippen LogP contribution in [0.1, 0.15) is 126 Å². The number of ether oxygens (including phenoxy) is 2. The molecule has 0 spiro atoms. The van der Waals surface area contributed by atoms with E-state index in [1.807, 2.05) is 12.1 Å². The topological polar surface area (TPSA) is 52.6 Å². The van der Waals surface area contributed by atoms with E-state index in [2.05, 4.69) is 60.6 Å². The third-order valence-corrected chi connectivity index (χ3v) is 6.75. The minimum Gasteiger partial charge on any atom is -0.462 e. The molecule has 4 nitrogen and oxygen atoms in total. The Balaban J connectivity index is 1.77. The van der Waals surface area contributed by atoms with Crippen molar-refractivity contribution in [1.29, 1.82) is 0 Å². The molecule has 0 radical (unpaired) electrons. The maximum absolute atomic E-state index is 13.0. The molecule has 0 bridgehead atoms. The lowest BCUT2D eigenvalue weighted by Gasteiger charge is -2.27. The van der Waals surface area contributed by atoms with Gasteiger partial charge in [-0.15, -0.1) is 0 Å². The second kappa shape index (κ2) is 11.0. The average molecular weight is 479 g/mol. The van der Waals surface area contributed by atoms with Crippen LogP contribution in [0.25, 0.3) is 0 Å². The second-order valence-electron chi connectivity index (χ2n) is 11.8. The van der Waals surface area contributed by atoms with Crippen LogP contribution in [0.15, 0.2) is 36.4 Å². The van der Waals surface area contributed by atoms with E-state index >= 15 is 0 Å². The van der Waals surface area contributed by atoms with Crippen LogP contribution in [0.2, 0.25) is 0 Å². The molecule has 1 aliphatic heterocycles. The van der Waals surface area contributed by atoms with Crippen LogP contribution in [0.5, 0.6) is 5.75 Å². The molecule has 190 valence electrons. The minimum absolute atomic E-state index is 0.0607. The van der Waals surface area contributed by atoms with Crippen molar-refractivity contribution in [2.45, 2.75) is 104 Å². The van der Waals surface area contributed by atoms with E-state index < -0.39 is 5.92 Å². The first-order chi connectivity index (χ1) is 16.4. The summed E-state index contributed by atoms with van der Waals surface area (Å²) in [6, 6.07) is 11.5. The van der Waals surface area contributed by atoms with Crippen LogP contribution in [-0.4, -0.2) is 18.5 Å². The molecular formula is C31H42O4. The van der Waals surface area contributed by atoms with Crippen LogP contribution in [-0.2, 0) is 20.4 Å². The van der Waals surface area contributed by atoms with E-state index in [1.165, 1.54) is 31.2 Å². The molecular weight excluding hydrogens is 436 g/mol. The van der Waals surface area contributed by atoms with Gasteiger partial charge in [-0.2, -0.15) is 0 Å². The van der Waals surface area contributed by atoms with Gasteiger partial charge < -0.3 is 9.47 Å². The third-order valence-electron chi connectivity index (χ3n) is 6.75. The monoisotopic (exact) mass is 478 g/mol. The number of fused-ring (bicyclic) bond motifs is 1. The molecule has 0 fully saturated rings. The first kappa shape index (κ1) is 27.0. The number of benzene rings is 2. The fourth-order valence-corrected chi connectivity index (χ4v) is 4.51. The summed E-state index contributed by atoms with van der Waals surface area (Å²) in [6.45, 7) is 15.6. The highest BCUT2D eigenvalue weighted by molar-refractivity contribution is 5.92. The van der Waals surface area contributed by atoms with Gasteiger partial charge in [0.25, 0.3) is 0 Å². The number of carbonyl (C=O) groups excluding carboxylic acids is 2. The van der Waals surface area contributed by atoms with Gasteiger partial charge >= 0.3 is 11.9 Å². The highest BCUT2D eigenvalue weighted by Crippen LogP contribution is 2.47. The summed E-state index contributed by atoms with van der Waals surface area (Å²) in [5.74, 6) is -0.399. The van der Waals surface area contributed by atoms with E-state index in [0.29, 0.717) is 17.9 Å². The molecule has 0 saturated heterocycles. The summed E-state index contributed by atoms with van der Waals surface area (Å²) in [7, 11) is 0. The normalized spacial score (nSPS) is 15.6. The SMILES string of the molecule is CCCCCCCCOC(=O)c1ccc(C2C(=O)Oc3c2cc(C(C)(C)C)cc3C(C)(C)C)cc1. The number of rotatable bonds is 9. The molecule has 2 aromatic carbocycles. The Labute approximate surface area is 211 Å². The molecule has 1 atom stereocenters. The largest absolute Gasteiger partial charge is 0.462 e. The highest BCUT2D eigenvalue weighted by atomic mass is 16.5. The van der Waals surface area contributed by atoms with E-state index in [0.717, 1.165) is 29.5 Å². The van der Waals surface area contributed by atoms with Crippen molar-refractivity contribution in [2.75, 3.05) is 6.61 Å². The smallest absolute Gasteiger partial charge is 0.338 e. The number of hydrogen-bond donors (Lipinski definition) is 0. The van der Waals surface area contributed by atoms with Gasteiger partial charge in [-0.05, 0) is 40.5 Å². The second-order valence-corrected chi connectivity index (χ2v) is 11.8. The van der Waals surface area contributed by atoms with Gasteiger partial charge in [0.1, 0.15) is 11.7 Å². The third kappa shape index (κ3) is 6.54. The maximum atomic E-state index is 13.0. The predicted octanol–water partition coefficient (Wildman–Crippen LogP) is 7.85.